The van der Waals surface area contributed by atoms with Gasteiger partial charge < -0.3 is 14.7 Å². The molecule has 0 spiro atoms. The van der Waals surface area contributed by atoms with Crippen LogP contribution in [-0.4, -0.2) is 74.6 Å². The minimum Gasteiger partial charge on any atom is -0.306 e. The molecule has 210 valence electrons. The second-order valence-corrected chi connectivity index (χ2v) is 12.8. The highest BCUT2D eigenvalue weighted by molar-refractivity contribution is 4.86. The van der Waals surface area contributed by atoms with Gasteiger partial charge in [0.2, 0.25) is 0 Å². The van der Waals surface area contributed by atoms with Crippen LogP contribution in [0.15, 0.2) is 0 Å². The lowest BCUT2D eigenvalue weighted by molar-refractivity contribution is 0.169. The Balaban J connectivity index is -0.000000383. The van der Waals surface area contributed by atoms with Crippen molar-refractivity contribution in [2.24, 2.45) is 22.2 Å². The molecule has 0 aromatic rings. The van der Waals surface area contributed by atoms with Gasteiger partial charge in [0.15, 0.2) is 0 Å². The van der Waals surface area contributed by atoms with Crippen molar-refractivity contribution in [2.45, 2.75) is 129 Å². The molecule has 0 amide bonds. The van der Waals surface area contributed by atoms with E-state index in [9.17, 15) is 0 Å². The molecule has 3 rings (SSSR count). The van der Waals surface area contributed by atoms with Crippen LogP contribution in [0, 0.1) is 22.2 Å². The van der Waals surface area contributed by atoms with E-state index in [1.54, 1.807) is 0 Å². The van der Waals surface area contributed by atoms with Crippen LogP contribution in [0.5, 0.6) is 0 Å². The van der Waals surface area contributed by atoms with Crippen molar-refractivity contribution in [1.29, 1.82) is 0 Å². The van der Waals surface area contributed by atoms with Crippen LogP contribution in [0.3, 0.4) is 0 Å². The Morgan fingerprint density at radius 3 is 1.29 bits per heavy atom. The molecule has 0 aromatic heterocycles. The minimum absolute atomic E-state index is 0.477. The number of likely N-dealkylation sites (tertiary alicyclic amines) is 3. The molecule has 0 bridgehead atoms. The molecule has 2 atom stereocenters. The molecule has 34 heavy (non-hydrogen) atoms. The van der Waals surface area contributed by atoms with Gasteiger partial charge in [0.1, 0.15) is 0 Å². The summed E-state index contributed by atoms with van der Waals surface area (Å²) in [5.74, 6) is 0.914. The summed E-state index contributed by atoms with van der Waals surface area (Å²) in [6.07, 6.45) is 5.53. The molecule has 2 unspecified atom stereocenters. The van der Waals surface area contributed by atoms with Crippen LogP contribution < -0.4 is 0 Å². The first-order chi connectivity index (χ1) is 15.6. The quantitative estimate of drug-likeness (QED) is 0.340. The molecule has 3 aliphatic rings. The van der Waals surface area contributed by atoms with Crippen LogP contribution in [0.1, 0.15) is 123 Å². The van der Waals surface area contributed by atoms with Gasteiger partial charge >= 0.3 is 0 Å². The van der Waals surface area contributed by atoms with Gasteiger partial charge in [0, 0.05) is 19.1 Å². The third-order valence-electron chi connectivity index (χ3n) is 7.00. The Morgan fingerprint density at radius 1 is 0.647 bits per heavy atom. The summed E-state index contributed by atoms with van der Waals surface area (Å²) < 4.78 is 0. The maximum atomic E-state index is 2.49. The van der Waals surface area contributed by atoms with Gasteiger partial charge in [0.05, 0.1) is 0 Å². The topological polar surface area (TPSA) is 9.72 Å². The second-order valence-electron chi connectivity index (χ2n) is 12.8. The highest BCUT2D eigenvalue weighted by atomic mass is 15.2. The van der Waals surface area contributed by atoms with Gasteiger partial charge in [-0.1, -0.05) is 96.9 Å². The third-order valence-corrected chi connectivity index (χ3v) is 7.00. The number of hydrogen-bond acceptors (Lipinski definition) is 3. The Bertz CT molecular complexity index is 445. The molecule has 3 nitrogen and oxygen atoms in total. The van der Waals surface area contributed by atoms with Gasteiger partial charge in [0.25, 0.3) is 0 Å². The summed E-state index contributed by atoms with van der Waals surface area (Å²) in [5, 5.41) is 0. The van der Waals surface area contributed by atoms with Crippen molar-refractivity contribution in [3.05, 3.63) is 0 Å². The summed E-state index contributed by atoms with van der Waals surface area (Å²) in [7, 11) is 6.64. The highest BCUT2D eigenvalue weighted by Crippen LogP contribution is 2.33. The summed E-state index contributed by atoms with van der Waals surface area (Å²) in [5.41, 5.74) is 1.59. The lowest BCUT2D eigenvalue weighted by Crippen LogP contribution is -2.36. The summed E-state index contributed by atoms with van der Waals surface area (Å²) in [4.78, 5) is 7.30. The maximum absolute atomic E-state index is 2.49. The standard InChI is InChI=1S/2C9H19N.C7H15N.3C2H6/c1-9(2,3)8-5-6-10(4)7-8;1-9(2,3)8-6-5-7-10(8)4;1-7(2)4-5-8(3)6-7;3*1-2/h2*8H,5-7H2,1-4H3;4-6H2,1-3H3;3*1-2H3. The minimum atomic E-state index is 0.477. The molecule has 0 radical (unpaired) electrons. The molecular weight excluding hydrogens is 414 g/mol. The Morgan fingerprint density at radius 2 is 1.15 bits per heavy atom. The van der Waals surface area contributed by atoms with E-state index in [-0.39, 0.29) is 0 Å². The van der Waals surface area contributed by atoms with Crippen molar-refractivity contribution in [1.82, 2.24) is 14.7 Å². The Hall–Kier alpha value is -0.120. The fourth-order valence-corrected chi connectivity index (χ4v) is 5.03. The average molecular weight is 486 g/mol. The molecule has 3 aliphatic heterocycles. The van der Waals surface area contributed by atoms with E-state index in [1.165, 1.54) is 58.4 Å². The predicted octanol–water partition coefficient (Wildman–Crippen LogP) is 8.54. The molecule has 3 saturated heterocycles. The number of hydrogen-bond donors (Lipinski definition) is 0. The van der Waals surface area contributed by atoms with Gasteiger partial charge in [-0.3, -0.25) is 0 Å². The first-order valence-corrected chi connectivity index (χ1v) is 14.7. The van der Waals surface area contributed by atoms with E-state index in [1.807, 2.05) is 41.5 Å². The molecule has 3 heterocycles. The zero-order chi connectivity index (χ0) is 27.8. The molecule has 0 aliphatic carbocycles. The van der Waals surface area contributed by atoms with Crippen molar-refractivity contribution >= 4 is 0 Å². The Kier molecular flexibility index (Phi) is 21.5. The van der Waals surface area contributed by atoms with E-state index in [0.29, 0.717) is 16.2 Å². The summed E-state index contributed by atoms with van der Waals surface area (Å²) in [6.45, 7) is 37.1. The third kappa shape index (κ3) is 17.3. The molecule has 0 saturated carbocycles. The smallest absolute Gasteiger partial charge is 0.0141 e. The summed E-state index contributed by atoms with van der Waals surface area (Å²) in [6, 6.07) is 0.812. The van der Waals surface area contributed by atoms with E-state index in [2.05, 4.69) is 91.2 Å². The van der Waals surface area contributed by atoms with Crippen molar-refractivity contribution < 1.29 is 0 Å². The van der Waals surface area contributed by atoms with Crippen LogP contribution in [0.25, 0.3) is 0 Å². The molecule has 3 fully saturated rings. The summed E-state index contributed by atoms with van der Waals surface area (Å²) >= 11 is 0. The largest absolute Gasteiger partial charge is 0.306 e. The second kappa shape index (κ2) is 19.1. The zero-order valence-electron chi connectivity index (χ0n) is 27.4. The van der Waals surface area contributed by atoms with Gasteiger partial charge in [-0.25, -0.2) is 0 Å². The monoisotopic (exact) mass is 486 g/mol. The van der Waals surface area contributed by atoms with Gasteiger partial charge in [-0.2, -0.15) is 0 Å². The predicted molar refractivity (Wildman–Crippen MR) is 160 cm³/mol. The normalized spacial score (nSPS) is 24.6. The van der Waals surface area contributed by atoms with Gasteiger partial charge in [-0.15, -0.1) is 0 Å². The van der Waals surface area contributed by atoms with Crippen LogP contribution in [0.4, 0.5) is 0 Å². The Labute approximate surface area is 219 Å². The molecule has 3 heteroatoms. The maximum Gasteiger partial charge on any atom is 0.0141 e. The SMILES string of the molecule is CC.CC.CC.CN1CCC(C(C)(C)C)C1.CN1CCC(C)(C)C1.CN1CCCC1C(C)(C)C. The van der Waals surface area contributed by atoms with Crippen LogP contribution in [0.2, 0.25) is 0 Å². The van der Waals surface area contributed by atoms with Crippen molar-refractivity contribution in [3.63, 3.8) is 0 Å². The number of rotatable bonds is 0. The van der Waals surface area contributed by atoms with E-state index < -0.39 is 0 Å². The van der Waals surface area contributed by atoms with E-state index in [0.717, 1.165) is 12.0 Å². The average Bonchev–Trinajstić information content (AvgIpc) is 3.47. The van der Waals surface area contributed by atoms with Gasteiger partial charge in [-0.05, 0) is 88.6 Å². The lowest BCUT2D eigenvalue weighted by atomic mass is 9.80. The van der Waals surface area contributed by atoms with E-state index in [4.69, 9.17) is 0 Å². The van der Waals surface area contributed by atoms with Crippen molar-refractivity contribution in [2.75, 3.05) is 53.9 Å². The lowest BCUT2D eigenvalue weighted by Gasteiger charge is -2.32. The fourth-order valence-electron chi connectivity index (χ4n) is 5.03. The molecule has 0 aromatic carbocycles. The van der Waals surface area contributed by atoms with E-state index >= 15 is 0 Å². The molecule has 0 N–H and O–H groups in total. The number of nitrogens with zero attached hydrogens (tertiary/aromatic N) is 3. The van der Waals surface area contributed by atoms with Crippen molar-refractivity contribution in [3.8, 4) is 0 Å². The zero-order valence-corrected chi connectivity index (χ0v) is 27.4. The van der Waals surface area contributed by atoms with Crippen LogP contribution >= 0.6 is 0 Å². The highest BCUT2D eigenvalue weighted by Gasteiger charge is 2.31. The van der Waals surface area contributed by atoms with Crippen LogP contribution in [-0.2, 0) is 0 Å². The fraction of sp³-hybridized carbons (Fsp3) is 1.00. The first-order valence-electron chi connectivity index (χ1n) is 14.7. The molecular formula is C31H71N3. The first kappa shape index (κ1) is 38.4.